The fourth-order valence-electron chi connectivity index (χ4n) is 2.56. The van der Waals surface area contributed by atoms with Crippen molar-refractivity contribution in [2.75, 3.05) is 11.4 Å². The van der Waals surface area contributed by atoms with E-state index in [9.17, 15) is 0 Å². The lowest BCUT2D eigenvalue weighted by Crippen LogP contribution is -2.38. The van der Waals surface area contributed by atoms with Crippen molar-refractivity contribution < 1.29 is 0 Å². The highest BCUT2D eigenvalue weighted by Crippen LogP contribution is 2.26. The Balaban J connectivity index is 2.15. The molecule has 0 radical (unpaired) electrons. The fourth-order valence-corrected chi connectivity index (χ4v) is 2.73. The van der Waals surface area contributed by atoms with Gasteiger partial charge in [-0.05, 0) is 58.6 Å². The monoisotopic (exact) mass is 295 g/mol. The normalized spacial score (nSPS) is 20.2. The number of anilines is 1. The predicted molar refractivity (Wildman–Crippen MR) is 86.5 cm³/mol. The maximum atomic E-state index is 6.28. The number of piperidine rings is 1. The maximum absolute atomic E-state index is 6.28. The van der Waals surface area contributed by atoms with E-state index in [2.05, 4.69) is 49.0 Å². The molecule has 112 valence electrons. The Morgan fingerprint density at radius 1 is 1.40 bits per heavy atom. The van der Waals surface area contributed by atoms with Gasteiger partial charge in [0, 0.05) is 30.9 Å². The molecular formula is C16H26ClN3. The number of pyridine rings is 1. The Morgan fingerprint density at radius 3 is 2.80 bits per heavy atom. The largest absolute Gasteiger partial charge is 0.354 e. The second kappa shape index (κ2) is 6.31. The van der Waals surface area contributed by atoms with E-state index in [0.29, 0.717) is 6.04 Å². The third-order valence-corrected chi connectivity index (χ3v) is 4.17. The molecule has 3 nitrogen and oxygen atoms in total. The van der Waals surface area contributed by atoms with Crippen LogP contribution >= 0.6 is 11.6 Å². The van der Waals surface area contributed by atoms with E-state index in [0.717, 1.165) is 29.5 Å². The number of hydrogen-bond acceptors (Lipinski definition) is 3. The number of nitrogens with zero attached hydrogens (tertiary/aromatic N) is 2. The summed E-state index contributed by atoms with van der Waals surface area (Å²) in [6.07, 6.45) is 5.62. The fraction of sp³-hybridized carbons (Fsp3) is 0.688. The second-order valence-corrected chi connectivity index (χ2v) is 7.18. The first-order valence-electron chi connectivity index (χ1n) is 7.53. The molecule has 1 atom stereocenters. The second-order valence-electron chi connectivity index (χ2n) is 6.78. The molecule has 0 aromatic carbocycles. The predicted octanol–water partition coefficient (Wildman–Crippen LogP) is 4.00. The Kier molecular flexibility index (Phi) is 4.92. The molecule has 2 heterocycles. The molecule has 0 saturated carbocycles. The van der Waals surface area contributed by atoms with Crippen LogP contribution in [0, 0.1) is 0 Å². The average molecular weight is 296 g/mol. The Labute approximate surface area is 127 Å². The molecule has 20 heavy (non-hydrogen) atoms. The van der Waals surface area contributed by atoms with Crippen LogP contribution in [0.2, 0.25) is 5.02 Å². The van der Waals surface area contributed by atoms with E-state index in [1.165, 1.54) is 19.3 Å². The number of hydrogen-bond donors (Lipinski definition) is 1. The van der Waals surface area contributed by atoms with Crippen LogP contribution in [0.15, 0.2) is 12.3 Å². The number of aromatic nitrogens is 1. The lowest BCUT2D eigenvalue weighted by Gasteiger charge is -2.34. The Morgan fingerprint density at radius 2 is 2.15 bits per heavy atom. The number of halogens is 1. The van der Waals surface area contributed by atoms with Crippen molar-refractivity contribution in [3.63, 3.8) is 0 Å². The SMILES string of the molecule is CC1CCCCN1c1cc(CNC(C)(C)C)c(Cl)cn1. The lowest BCUT2D eigenvalue weighted by atomic mass is 10.0. The molecule has 1 aromatic heterocycles. The van der Waals surface area contributed by atoms with Crippen molar-refractivity contribution in [2.24, 2.45) is 0 Å². The third-order valence-electron chi connectivity index (χ3n) is 3.83. The van der Waals surface area contributed by atoms with Crippen LogP contribution in [0.4, 0.5) is 5.82 Å². The summed E-state index contributed by atoms with van der Waals surface area (Å²) in [5, 5.41) is 4.24. The van der Waals surface area contributed by atoms with Crippen molar-refractivity contribution in [1.29, 1.82) is 0 Å². The van der Waals surface area contributed by atoms with Crippen LogP contribution in [0.25, 0.3) is 0 Å². The minimum atomic E-state index is 0.0885. The number of rotatable bonds is 3. The minimum Gasteiger partial charge on any atom is -0.354 e. The van der Waals surface area contributed by atoms with Crippen LogP contribution in [0.5, 0.6) is 0 Å². The molecule has 1 fully saturated rings. The highest BCUT2D eigenvalue weighted by atomic mass is 35.5. The summed E-state index contributed by atoms with van der Waals surface area (Å²) < 4.78 is 0. The van der Waals surface area contributed by atoms with Gasteiger partial charge in [-0.1, -0.05) is 11.6 Å². The first kappa shape index (κ1) is 15.6. The quantitative estimate of drug-likeness (QED) is 0.913. The van der Waals surface area contributed by atoms with Crippen LogP contribution in [-0.2, 0) is 6.54 Å². The van der Waals surface area contributed by atoms with Gasteiger partial charge in [0.2, 0.25) is 0 Å². The molecule has 4 heteroatoms. The van der Waals surface area contributed by atoms with Gasteiger partial charge in [-0.3, -0.25) is 0 Å². The van der Waals surface area contributed by atoms with Crippen molar-refractivity contribution in [3.05, 3.63) is 22.8 Å². The summed E-state index contributed by atoms with van der Waals surface area (Å²) in [5.74, 6) is 1.06. The molecule has 1 unspecified atom stereocenters. The summed E-state index contributed by atoms with van der Waals surface area (Å²) >= 11 is 6.28. The zero-order valence-electron chi connectivity index (χ0n) is 13.0. The van der Waals surface area contributed by atoms with E-state index < -0.39 is 0 Å². The zero-order chi connectivity index (χ0) is 14.8. The summed E-state index contributed by atoms with van der Waals surface area (Å²) in [6.45, 7) is 10.6. The summed E-state index contributed by atoms with van der Waals surface area (Å²) in [7, 11) is 0. The molecule has 0 spiro atoms. The Bertz CT molecular complexity index is 454. The molecule has 1 aliphatic heterocycles. The van der Waals surface area contributed by atoms with E-state index >= 15 is 0 Å². The van der Waals surface area contributed by atoms with Gasteiger partial charge in [0.25, 0.3) is 0 Å². The van der Waals surface area contributed by atoms with Crippen molar-refractivity contribution in [1.82, 2.24) is 10.3 Å². The summed E-state index contributed by atoms with van der Waals surface area (Å²) in [6, 6.07) is 2.71. The van der Waals surface area contributed by atoms with Crippen molar-refractivity contribution in [3.8, 4) is 0 Å². The van der Waals surface area contributed by atoms with Gasteiger partial charge in [-0.2, -0.15) is 0 Å². The standard InChI is InChI=1S/C16H26ClN3/c1-12-7-5-6-8-20(12)15-9-13(14(17)11-18-15)10-19-16(2,3)4/h9,11-12,19H,5-8,10H2,1-4H3. The summed E-state index contributed by atoms with van der Waals surface area (Å²) in [4.78, 5) is 6.93. The minimum absolute atomic E-state index is 0.0885. The molecule has 0 aliphatic carbocycles. The van der Waals surface area contributed by atoms with Crippen LogP contribution < -0.4 is 10.2 Å². The molecule has 1 aromatic rings. The van der Waals surface area contributed by atoms with E-state index in [-0.39, 0.29) is 5.54 Å². The smallest absolute Gasteiger partial charge is 0.129 e. The van der Waals surface area contributed by atoms with Crippen molar-refractivity contribution in [2.45, 2.75) is 65.1 Å². The number of nitrogens with one attached hydrogen (secondary N) is 1. The Hall–Kier alpha value is -0.800. The van der Waals surface area contributed by atoms with Gasteiger partial charge < -0.3 is 10.2 Å². The highest BCUT2D eigenvalue weighted by Gasteiger charge is 2.20. The van der Waals surface area contributed by atoms with Gasteiger partial charge >= 0.3 is 0 Å². The van der Waals surface area contributed by atoms with Crippen molar-refractivity contribution >= 4 is 17.4 Å². The molecule has 0 amide bonds. The average Bonchev–Trinajstić information content (AvgIpc) is 2.38. The van der Waals surface area contributed by atoms with Gasteiger partial charge in [0.1, 0.15) is 5.82 Å². The summed E-state index contributed by atoms with van der Waals surface area (Å²) in [5.41, 5.74) is 1.22. The third kappa shape index (κ3) is 4.10. The molecule has 0 bridgehead atoms. The molecule has 1 aliphatic rings. The molecule has 2 rings (SSSR count). The maximum Gasteiger partial charge on any atom is 0.129 e. The van der Waals surface area contributed by atoms with Gasteiger partial charge in [-0.15, -0.1) is 0 Å². The molecular weight excluding hydrogens is 270 g/mol. The first-order chi connectivity index (χ1) is 9.37. The topological polar surface area (TPSA) is 28.2 Å². The van der Waals surface area contributed by atoms with Gasteiger partial charge in [-0.25, -0.2) is 4.98 Å². The van der Waals surface area contributed by atoms with Crippen LogP contribution in [0.3, 0.4) is 0 Å². The van der Waals surface area contributed by atoms with Crippen LogP contribution in [-0.4, -0.2) is 23.1 Å². The van der Waals surface area contributed by atoms with E-state index in [1.54, 1.807) is 6.20 Å². The van der Waals surface area contributed by atoms with E-state index in [4.69, 9.17) is 11.6 Å². The lowest BCUT2D eigenvalue weighted by molar-refractivity contribution is 0.424. The molecule has 1 N–H and O–H groups in total. The molecule has 1 saturated heterocycles. The van der Waals surface area contributed by atoms with E-state index in [1.807, 2.05) is 0 Å². The van der Waals surface area contributed by atoms with Gasteiger partial charge in [0.15, 0.2) is 0 Å². The van der Waals surface area contributed by atoms with Gasteiger partial charge in [0.05, 0.1) is 5.02 Å². The zero-order valence-corrected chi connectivity index (χ0v) is 13.8. The first-order valence-corrected chi connectivity index (χ1v) is 7.91. The highest BCUT2D eigenvalue weighted by molar-refractivity contribution is 6.31. The van der Waals surface area contributed by atoms with Crippen LogP contribution in [0.1, 0.15) is 52.5 Å².